The molecule has 3 rings (SSSR count). The maximum atomic E-state index is 2.32. The van der Waals surface area contributed by atoms with Crippen LogP contribution >= 0.6 is 0 Å². The molecule has 0 nitrogen and oxygen atoms in total. The average Bonchev–Trinajstić information content (AvgIpc) is 2.53. The molecule has 0 atom stereocenters. The molecule has 1 aliphatic rings. The number of rotatable bonds is 3. The van der Waals surface area contributed by atoms with Crippen LogP contribution in [0.15, 0.2) is 90.5 Å². The summed E-state index contributed by atoms with van der Waals surface area (Å²) >= 11 is 0. The third-order valence-electron chi connectivity index (χ3n) is 3.83. The normalized spacial score (nSPS) is 16.0. The van der Waals surface area contributed by atoms with E-state index in [4.69, 9.17) is 0 Å². The van der Waals surface area contributed by atoms with Gasteiger partial charge < -0.3 is 0 Å². The van der Waals surface area contributed by atoms with E-state index in [9.17, 15) is 0 Å². The van der Waals surface area contributed by atoms with E-state index in [1.165, 1.54) is 22.3 Å². The van der Waals surface area contributed by atoms with Crippen LogP contribution in [0.1, 0.15) is 25.0 Å². The van der Waals surface area contributed by atoms with Crippen molar-refractivity contribution in [3.8, 4) is 0 Å². The summed E-state index contributed by atoms with van der Waals surface area (Å²) in [6.07, 6.45) is 11.2. The van der Waals surface area contributed by atoms with Gasteiger partial charge in [-0.05, 0) is 22.3 Å². The van der Waals surface area contributed by atoms with Crippen LogP contribution in [0.2, 0.25) is 0 Å². The van der Waals surface area contributed by atoms with Crippen LogP contribution in [0.5, 0.6) is 0 Å². The fourth-order valence-electron chi connectivity index (χ4n) is 2.76. The highest BCUT2D eigenvalue weighted by atomic mass is 14.2. The van der Waals surface area contributed by atoms with Gasteiger partial charge in [0.25, 0.3) is 0 Å². The minimum atomic E-state index is 0.110. The Morgan fingerprint density at radius 1 is 0.818 bits per heavy atom. The number of hydrogen-bond acceptors (Lipinski definition) is 0. The van der Waals surface area contributed by atoms with Crippen molar-refractivity contribution in [3.05, 3.63) is 108 Å². The van der Waals surface area contributed by atoms with Crippen LogP contribution in [-0.2, 0) is 0 Å². The second-order valence-corrected chi connectivity index (χ2v) is 6.28. The van der Waals surface area contributed by atoms with Gasteiger partial charge in [0.1, 0.15) is 0 Å². The molecule has 0 saturated heterocycles. The van der Waals surface area contributed by atoms with Crippen molar-refractivity contribution in [2.24, 2.45) is 5.41 Å². The molecular weight excluding hydrogens is 264 g/mol. The molecule has 0 heteroatoms. The Balaban J connectivity index is 2.07. The zero-order valence-electron chi connectivity index (χ0n) is 13.2. The summed E-state index contributed by atoms with van der Waals surface area (Å²) in [5.74, 6) is 0. The van der Waals surface area contributed by atoms with E-state index in [2.05, 4.69) is 105 Å². The molecule has 0 N–H and O–H groups in total. The topological polar surface area (TPSA) is 0 Å². The van der Waals surface area contributed by atoms with Gasteiger partial charge in [-0.3, -0.25) is 0 Å². The Kier molecular flexibility index (Phi) is 4.11. The molecule has 2 aromatic rings. The van der Waals surface area contributed by atoms with Gasteiger partial charge in [0.05, 0.1) is 0 Å². The predicted molar refractivity (Wildman–Crippen MR) is 95.3 cm³/mol. The van der Waals surface area contributed by atoms with Crippen molar-refractivity contribution in [2.75, 3.05) is 0 Å². The maximum Gasteiger partial charge on any atom is 0.0119 e. The van der Waals surface area contributed by atoms with E-state index < -0.39 is 0 Å². The van der Waals surface area contributed by atoms with Crippen LogP contribution < -0.4 is 0 Å². The molecule has 1 aliphatic carbocycles. The summed E-state index contributed by atoms with van der Waals surface area (Å²) in [5, 5.41) is 0. The third kappa shape index (κ3) is 3.46. The van der Waals surface area contributed by atoms with Gasteiger partial charge in [-0.2, -0.15) is 0 Å². The van der Waals surface area contributed by atoms with E-state index in [0.29, 0.717) is 0 Å². The standard InChI is InChI=1S/C22H21/c1-22(2)15-9-10-18(17-22)16-21(19-11-5-3-6-12-19)20-13-7-4-8-14-20/h3-17H,1-2H3. The van der Waals surface area contributed by atoms with Crippen molar-refractivity contribution in [1.29, 1.82) is 0 Å². The zero-order valence-corrected chi connectivity index (χ0v) is 13.2. The molecule has 0 spiro atoms. The molecule has 0 aromatic heterocycles. The Labute approximate surface area is 133 Å². The first-order chi connectivity index (χ1) is 10.6. The monoisotopic (exact) mass is 285 g/mol. The summed E-state index contributed by atoms with van der Waals surface area (Å²) in [7, 11) is 0. The first-order valence-electron chi connectivity index (χ1n) is 7.72. The van der Waals surface area contributed by atoms with E-state index in [0.717, 1.165) is 0 Å². The summed E-state index contributed by atoms with van der Waals surface area (Å²) in [6, 6.07) is 21.2. The van der Waals surface area contributed by atoms with Crippen LogP contribution in [0.3, 0.4) is 0 Å². The lowest BCUT2D eigenvalue weighted by atomic mass is 9.84. The van der Waals surface area contributed by atoms with Crippen LogP contribution in [-0.4, -0.2) is 0 Å². The van der Waals surface area contributed by atoms with Gasteiger partial charge in [0.15, 0.2) is 0 Å². The molecule has 0 amide bonds. The molecule has 0 unspecified atom stereocenters. The second kappa shape index (κ2) is 6.19. The average molecular weight is 285 g/mol. The van der Waals surface area contributed by atoms with Crippen molar-refractivity contribution in [2.45, 2.75) is 13.8 Å². The molecule has 22 heavy (non-hydrogen) atoms. The lowest BCUT2D eigenvalue weighted by molar-refractivity contribution is 0.617. The van der Waals surface area contributed by atoms with Crippen LogP contribution in [0.25, 0.3) is 5.57 Å². The van der Waals surface area contributed by atoms with Gasteiger partial charge in [-0.15, -0.1) is 0 Å². The minimum absolute atomic E-state index is 0.110. The SMILES string of the molecule is CC1(C)C=C[CH]C(C=C(c2ccccc2)c2ccccc2)=C1. The molecule has 0 heterocycles. The van der Waals surface area contributed by atoms with Gasteiger partial charge in [0, 0.05) is 11.8 Å². The Morgan fingerprint density at radius 3 is 1.86 bits per heavy atom. The fraction of sp³-hybridized carbons (Fsp3) is 0.136. The number of allylic oxidation sites excluding steroid dienone is 5. The Hall–Kier alpha value is -2.34. The predicted octanol–water partition coefficient (Wildman–Crippen LogP) is 5.84. The summed E-state index contributed by atoms with van der Waals surface area (Å²) in [5.41, 5.74) is 5.12. The highest BCUT2D eigenvalue weighted by Gasteiger charge is 2.15. The summed E-state index contributed by atoms with van der Waals surface area (Å²) in [6.45, 7) is 4.46. The smallest absolute Gasteiger partial charge is 0.0119 e. The van der Waals surface area contributed by atoms with Crippen molar-refractivity contribution >= 4 is 5.57 Å². The number of benzene rings is 2. The molecule has 2 aromatic carbocycles. The maximum absolute atomic E-state index is 2.32. The lowest BCUT2D eigenvalue weighted by Gasteiger charge is -2.21. The largest absolute Gasteiger partial charge is 0.0792 e. The lowest BCUT2D eigenvalue weighted by Crippen LogP contribution is -2.07. The van der Waals surface area contributed by atoms with E-state index in [-0.39, 0.29) is 5.41 Å². The Bertz CT molecular complexity index is 672. The van der Waals surface area contributed by atoms with Gasteiger partial charge in [-0.25, -0.2) is 0 Å². The van der Waals surface area contributed by atoms with Crippen LogP contribution in [0, 0.1) is 11.8 Å². The van der Waals surface area contributed by atoms with Crippen molar-refractivity contribution < 1.29 is 0 Å². The van der Waals surface area contributed by atoms with E-state index >= 15 is 0 Å². The van der Waals surface area contributed by atoms with Crippen LogP contribution in [0.4, 0.5) is 0 Å². The molecule has 0 fully saturated rings. The minimum Gasteiger partial charge on any atom is -0.0792 e. The number of hydrogen-bond donors (Lipinski definition) is 0. The first-order valence-corrected chi connectivity index (χ1v) is 7.72. The molecule has 0 aliphatic heterocycles. The molecule has 0 saturated carbocycles. The summed E-state index contributed by atoms with van der Waals surface area (Å²) in [4.78, 5) is 0. The highest BCUT2D eigenvalue weighted by Crippen LogP contribution is 2.31. The van der Waals surface area contributed by atoms with Crippen molar-refractivity contribution in [3.63, 3.8) is 0 Å². The summed E-state index contributed by atoms with van der Waals surface area (Å²) < 4.78 is 0. The zero-order chi connectivity index (χ0) is 15.4. The fourth-order valence-corrected chi connectivity index (χ4v) is 2.76. The first kappa shape index (κ1) is 14.6. The second-order valence-electron chi connectivity index (χ2n) is 6.28. The molecule has 0 bridgehead atoms. The van der Waals surface area contributed by atoms with Gasteiger partial charge >= 0.3 is 0 Å². The Morgan fingerprint density at radius 2 is 1.36 bits per heavy atom. The quantitative estimate of drug-likeness (QED) is 0.664. The van der Waals surface area contributed by atoms with Gasteiger partial charge in [0.2, 0.25) is 0 Å². The van der Waals surface area contributed by atoms with E-state index in [1.807, 2.05) is 0 Å². The molecular formula is C22H21. The third-order valence-corrected chi connectivity index (χ3v) is 3.83. The van der Waals surface area contributed by atoms with E-state index in [1.54, 1.807) is 0 Å². The highest BCUT2D eigenvalue weighted by molar-refractivity contribution is 5.82. The van der Waals surface area contributed by atoms with Crippen molar-refractivity contribution in [1.82, 2.24) is 0 Å². The van der Waals surface area contributed by atoms with Gasteiger partial charge in [-0.1, -0.05) is 98.8 Å². The molecule has 109 valence electrons. The molecule has 1 radical (unpaired) electrons.